The first-order chi connectivity index (χ1) is 12.3. The predicted octanol–water partition coefficient (Wildman–Crippen LogP) is 3.22. The molecule has 3 rings (SSSR count). The quantitative estimate of drug-likeness (QED) is 0.586. The lowest BCUT2D eigenvalue weighted by Crippen LogP contribution is -2.12. The van der Waals surface area contributed by atoms with Crippen molar-refractivity contribution in [2.45, 2.75) is 26.6 Å². The summed E-state index contributed by atoms with van der Waals surface area (Å²) in [7, 11) is 0. The number of nitrogen functional groups attached to an aromatic ring is 1. The second-order valence-corrected chi connectivity index (χ2v) is 5.42. The highest BCUT2D eigenvalue weighted by molar-refractivity contribution is 5.99. The second-order valence-electron chi connectivity index (χ2n) is 5.42. The zero-order valence-electron chi connectivity index (χ0n) is 15.4. The summed E-state index contributed by atoms with van der Waals surface area (Å²) in [4.78, 5) is 28.9. The molecule has 2 aromatic heterocycles. The largest absolute Gasteiger partial charge is 0.462 e. The molecule has 6 nitrogen and oxygen atoms in total. The Labute approximate surface area is 141 Å². The SMILES string of the molecule is [2H]CC([2H])(C)c1ccc2oc3nc(N)c(C(=O)OCC)cc3c(=O)c2c1. The molecule has 0 saturated carbocycles. The molecule has 1 unspecified atom stereocenters. The molecule has 0 aliphatic rings. The van der Waals surface area contributed by atoms with Gasteiger partial charge in [-0.3, -0.25) is 4.79 Å². The van der Waals surface area contributed by atoms with Crippen LogP contribution in [0.4, 0.5) is 5.82 Å². The van der Waals surface area contributed by atoms with Gasteiger partial charge in [-0.2, -0.15) is 4.98 Å². The highest BCUT2D eigenvalue weighted by Gasteiger charge is 2.18. The van der Waals surface area contributed by atoms with Crippen LogP contribution in [-0.4, -0.2) is 17.6 Å². The summed E-state index contributed by atoms with van der Waals surface area (Å²) in [6, 6.07) is 6.08. The molecule has 0 amide bonds. The molecule has 0 aliphatic carbocycles. The van der Waals surface area contributed by atoms with Crippen molar-refractivity contribution in [3.05, 3.63) is 45.6 Å². The number of carbonyl (C=O) groups excluding carboxylic acids is 1. The molecule has 0 fully saturated rings. The van der Waals surface area contributed by atoms with Crippen molar-refractivity contribution >= 4 is 33.9 Å². The average molecular weight is 328 g/mol. The minimum absolute atomic E-state index is 0.00126. The summed E-state index contributed by atoms with van der Waals surface area (Å²) in [5.41, 5.74) is 6.25. The number of hydrogen-bond acceptors (Lipinski definition) is 6. The molecule has 1 atom stereocenters. The Morgan fingerprint density at radius 1 is 1.46 bits per heavy atom. The van der Waals surface area contributed by atoms with Crippen LogP contribution in [0.2, 0.25) is 0 Å². The zero-order chi connectivity index (χ0) is 19.1. The van der Waals surface area contributed by atoms with Gasteiger partial charge >= 0.3 is 5.97 Å². The first kappa shape index (κ1) is 13.5. The Morgan fingerprint density at radius 2 is 2.25 bits per heavy atom. The van der Waals surface area contributed by atoms with E-state index in [4.69, 9.17) is 17.6 Å². The van der Waals surface area contributed by atoms with Crippen molar-refractivity contribution in [3.8, 4) is 0 Å². The molecule has 0 radical (unpaired) electrons. The van der Waals surface area contributed by atoms with Crippen LogP contribution in [0.1, 0.15) is 45.3 Å². The van der Waals surface area contributed by atoms with Crippen LogP contribution in [0.15, 0.2) is 33.5 Å². The van der Waals surface area contributed by atoms with Gasteiger partial charge in [-0.15, -0.1) is 0 Å². The molecular formula is C18H18N2O4. The summed E-state index contributed by atoms with van der Waals surface area (Å²) < 4.78 is 26.3. The van der Waals surface area contributed by atoms with Gasteiger partial charge in [-0.25, -0.2) is 4.79 Å². The van der Waals surface area contributed by atoms with E-state index in [1.54, 1.807) is 32.0 Å². The smallest absolute Gasteiger partial charge is 0.341 e. The third-order valence-electron chi connectivity index (χ3n) is 3.68. The van der Waals surface area contributed by atoms with E-state index in [0.29, 0.717) is 11.1 Å². The molecule has 124 valence electrons. The van der Waals surface area contributed by atoms with Crippen molar-refractivity contribution in [3.63, 3.8) is 0 Å². The normalized spacial score (nSPS) is 14.9. The van der Waals surface area contributed by atoms with E-state index in [0.717, 1.165) is 0 Å². The van der Waals surface area contributed by atoms with Gasteiger partial charge < -0.3 is 14.9 Å². The van der Waals surface area contributed by atoms with Crippen LogP contribution >= 0.6 is 0 Å². The fourth-order valence-corrected chi connectivity index (χ4v) is 2.43. The van der Waals surface area contributed by atoms with Crippen LogP contribution in [0.25, 0.3) is 22.1 Å². The number of carbonyl (C=O) groups is 1. The van der Waals surface area contributed by atoms with E-state index < -0.39 is 11.9 Å². The van der Waals surface area contributed by atoms with Crippen molar-refractivity contribution in [2.75, 3.05) is 12.3 Å². The maximum Gasteiger partial charge on any atom is 0.341 e. The lowest BCUT2D eigenvalue weighted by atomic mass is 10.0. The van der Waals surface area contributed by atoms with Crippen LogP contribution in [0, 0.1) is 0 Å². The summed E-state index contributed by atoms with van der Waals surface area (Å²) in [6.45, 7) is 3.28. The van der Waals surface area contributed by atoms with Crippen molar-refractivity contribution in [2.24, 2.45) is 0 Å². The highest BCUT2D eigenvalue weighted by Crippen LogP contribution is 2.24. The number of hydrogen-bond donors (Lipinski definition) is 1. The maximum atomic E-state index is 12.9. The van der Waals surface area contributed by atoms with Crippen LogP contribution < -0.4 is 11.2 Å². The maximum absolute atomic E-state index is 12.9. The monoisotopic (exact) mass is 328 g/mol. The predicted molar refractivity (Wildman–Crippen MR) is 92.2 cm³/mol. The fourth-order valence-electron chi connectivity index (χ4n) is 2.43. The molecule has 6 heteroatoms. The van der Waals surface area contributed by atoms with Gasteiger partial charge in [0, 0.05) is 2.74 Å². The summed E-state index contributed by atoms with van der Waals surface area (Å²) >= 11 is 0. The van der Waals surface area contributed by atoms with Gasteiger partial charge in [0.25, 0.3) is 0 Å². The molecule has 0 bridgehead atoms. The Kier molecular flexibility index (Phi) is 3.36. The number of pyridine rings is 1. The summed E-state index contributed by atoms with van der Waals surface area (Å²) in [6.07, 6.45) is 0. The number of aromatic nitrogens is 1. The Morgan fingerprint density at radius 3 is 2.96 bits per heavy atom. The summed E-state index contributed by atoms with van der Waals surface area (Å²) in [5, 5.41) is 0.354. The number of anilines is 1. The van der Waals surface area contributed by atoms with E-state index in [2.05, 4.69) is 4.98 Å². The van der Waals surface area contributed by atoms with E-state index in [-0.39, 0.29) is 46.8 Å². The molecule has 0 spiro atoms. The standard InChI is InChI=1S/C18H18N2O4/c1-4-23-18(22)13-8-12-15(21)11-7-10(9(2)3)5-6-14(11)24-17(12)20-16(13)19/h5-9H,4H2,1-3H3,(H2,19,20)/i2D,9D. The Balaban J connectivity index is 2.29. The highest BCUT2D eigenvalue weighted by atomic mass is 16.5. The number of nitrogens with zero attached hydrogens (tertiary/aromatic N) is 1. The number of nitrogens with two attached hydrogens (primary N) is 1. The first-order valence-electron chi connectivity index (χ1n) is 8.63. The first-order valence-corrected chi connectivity index (χ1v) is 7.42. The lowest BCUT2D eigenvalue weighted by Gasteiger charge is -2.08. The Hall–Kier alpha value is -2.89. The third kappa shape index (κ3) is 2.60. The van der Waals surface area contributed by atoms with Crippen molar-refractivity contribution in [1.82, 2.24) is 4.98 Å². The fraction of sp³-hybridized carbons (Fsp3) is 0.278. The molecule has 24 heavy (non-hydrogen) atoms. The van der Waals surface area contributed by atoms with Crippen molar-refractivity contribution in [1.29, 1.82) is 0 Å². The molecule has 2 N–H and O–H groups in total. The number of esters is 1. The molecule has 2 heterocycles. The van der Waals surface area contributed by atoms with E-state index >= 15 is 0 Å². The second kappa shape index (κ2) is 5.96. The lowest BCUT2D eigenvalue weighted by molar-refractivity contribution is 0.0527. The minimum atomic E-state index is -1.15. The molecule has 3 aromatic rings. The summed E-state index contributed by atoms with van der Waals surface area (Å²) in [5.74, 6) is -1.89. The van der Waals surface area contributed by atoms with Gasteiger partial charge in [0.2, 0.25) is 11.1 Å². The zero-order valence-corrected chi connectivity index (χ0v) is 13.4. The number of fused-ring (bicyclic) bond motifs is 2. The van der Waals surface area contributed by atoms with Gasteiger partial charge in [0.1, 0.15) is 17.0 Å². The van der Waals surface area contributed by atoms with Crippen molar-refractivity contribution < 1.29 is 16.7 Å². The van der Waals surface area contributed by atoms with Gasteiger partial charge in [0.05, 0.1) is 17.4 Å². The van der Waals surface area contributed by atoms with Gasteiger partial charge in [0.15, 0.2) is 0 Å². The minimum Gasteiger partial charge on any atom is -0.462 e. The van der Waals surface area contributed by atoms with Gasteiger partial charge in [-0.1, -0.05) is 19.9 Å². The molecule has 0 aliphatic heterocycles. The van der Waals surface area contributed by atoms with Crippen LogP contribution in [-0.2, 0) is 4.74 Å². The number of benzene rings is 1. The van der Waals surface area contributed by atoms with Crippen LogP contribution in [0.5, 0.6) is 0 Å². The molecule has 1 aromatic carbocycles. The average Bonchev–Trinajstić information content (AvgIpc) is 2.61. The molecule has 0 saturated heterocycles. The Bertz CT molecular complexity index is 1080. The number of rotatable bonds is 3. The third-order valence-corrected chi connectivity index (χ3v) is 3.68. The van der Waals surface area contributed by atoms with Crippen LogP contribution in [0.3, 0.4) is 0 Å². The number of ether oxygens (including phenoxy) is 1. The van der Waals surface area contributed by atoms with E-state index in [9.17, 15) is 9.59 Å². The van der Waals surface area contributed by atoms with E-state index in [1.165, 1.54) is 6.07 Å². The molecular weight excluding hydrogens is 308 g/mol. The van der Waals surface area contributed by atoms with Gasteiger partial charge in [-0.05, 0) is 36.6 Å². The topological polar surface area (TPSA) is 95.4 Å². The van der Waals surface area contributed by atoms with E-state index in [1.807, 2.05) is 0 Å².